The number of halogens is 3. The van der Waals surface area contributed by atoms with Gasteiger partial charge >= 0.3 is 0 Å². The van der Waals surface area contributed by atoms with Crippen LogP contribution in [0.25, 0.3) is 0 Å². The predicted octanol–water partition coefficient (Wildman–Crippen LogP) is 5.21. The molecular weight excluding hydrogens is 438 g/mol. The summed E-state index contributed by atoms with van der Waals surface area (Å²) < 4.78 is 41.0. The SMILES string of the molecule is CN(c1cccc(Cl)c1)S(=O)(=O)c1cccc(C(=O)Nc2cccc(Cl)c2F)c1. The van der Waals surface area contributed by atoms with Crippen molar-refractivity contribution in [2.24, 2.45) is 0 Å². The van der Waals surface area contributed by atoms with Crippen molar-refractivity contribution in [3.05, 3.63) is 88.2 Å². The van der Waals surface area contributed by atoms with E-state index in [9.17, 15) is 17.6 Å². The molecule has 0 spiro atoms. The zero-order valence-corrected chi connectivity index (χ0v) is 17.4. The van der Waals surface area contributed by atoms with Gasteiger partial charge in [-0.25, -0.2) is 12.8 Å². The Morgan fingerprint density at radius 2 is 1.69 bits per heavy atom. The fourth-order valence-electron chi connectivity index (χ4n) is 2.56. The van der Waals surface area contributed by atoms with Crippen molar-refractivity contribution >= 4 is 50.5 Å². The molecule has 0 bridgehead atoms. The van der Waals surface area contributed by atoms with Crippen LogP contribution in [0.5, 0.6) is 0 Å². The summed E-state index contributed by atoms with van der Waals surface area (Å²) in [7, 11) is -2.57. The molecule has 3 aromatic rings. The van der Waals surface area contributed by atoms with Crippen molar-refractivity contribution in [1.29, 1.82) is 0 Å². The van der Waals surface area contributed by atoms with Gasteiger partial charge in [-0.2, -0.15) is 0 Å². The third kappa shape index (κ3) is 4.53. The largest absolute Gasteiger partial charge is 0.319 e. The summed E-state index contributed by atoms with van der Waals surface area (Å²) in [6.45, 7) is 0. The fraction of sp³-hybridized carbons (Fsp3) is 0.0500. The van der Waals surface area contributed by atoms with E-state index in [1.807, 2.05) is 0 Å². The summed E-state index contributed by atoms with van der Waals surface area (Å²) in [6, 6.07) is 16.0. The predicted molar refractivity (Wildman–Crippen MR) is 113 cm³/mol. The van der Waals surface area contributed by atoms with Crippen molar-refractivity contribution in [2.75, 3.05) is 16.7 Å². The maximum absolute atomic E-state index is 14.0. The minimum atomic E-state index is -3.95. The highest BCUT2D eigenvalue weighted by molar-refractivity contribution is 7.92. The molecule has 1 N–H and O–H groups in total. The number of hydrogen-bond acceptors (Lipinski definition) is 3. The van der Waals surface area contributed by atoms with E-state index in [-0.39, 0.29) is 21.2 Å². The number of amides is 1. The van der Waals surface area contributed by atoms with Gasteiger partial charge in [0.25, 0.3) is 15.9 Å². The Labute approximate surface area is 177 Å². The molecule has 0 aliphatic heterocycles. The van der Waals surface area contributed by atoms with E-state index in [2.05, 4.69) is 5.32 Å². The monoisotopic (exact) mass is 452 g/mol. The first-order chi connectivity index (χ1) is 13.7. The van der Waals surface area contributed by atoms with Gasteiger partial charge in [-0.15, -0.1) is 0 Å². The molecular formula is C20H15Cl2FN2O3S. The zero-order valence-electron chi connectivity index (χ0n) is 15.1. The summed E-state index contributed by atoms with van der Waals surface area (Å²) >= 11 is 11.7. The number of benzene rings is 3. The van der Waals surface area contributed by atoms with Crippen molar-refractivity contribution < 1.29 is 17.6 Å². The van der Waals surface area contributed by atoms with Crippen LogP contribution in [0.3, 0.4) is 0 Å². The number of carbonyl (C=O) groups excluding carboxylic acids is 1. The Morgan fingerprint density at radius 3 is 2.41 bits per heavy atom. The van der Waals surface area contributed by atoms with Crippen LogP contribution in [-0.4, -0.2) is 21.4 Å². The van der Waals surface area contributed by atoms with Crippen LogP contribution in [-0.2, 0) is 10.0 Å². The van der Waals surface area contributed by atoms with E-state index in [4.69, 9.17) is 23.2 Å². The fourth-order valence-corrected chi connectivity index (χ4v) is 4.15. The molecule has 3 aromatic carbocycles. The second kappa shape index (κ2) is 8.41. The molecule has 0 unspecified atom stereocenters. The number of nitrogens with one attached hydrogen (secondary N) is 1. The van der Waals surface area contributed by atoms with Gasteiger partial charge in [0.1, 0.15) is 0 Å². The molecule has 0 saturated heterocycles. The van der Waals surface area contributed by atoms with Crippen LogP contribution in [0.1, 0.15) is 10.4 Å². The quantitative estimate of drug-likeness (QED) is 0.577. The van der Waals surface area contributed by atoms with Gasteiger partial charge in [0.05, 0.1) is 21.3 Å². The number of hydrogen-bond donors (Lipinski definition) is 1. The summed E-state index contributed by atoms with van der Waals surface area (Å²) in [6.07, 6.45) is 0. The normalized spacial score (nSPS) is 11.2. The van der Waals surface area contributed by atoms with Gasteiger partial charge in [-0.3, -0.25) is 9.10 Å². The first-order valence-electron chi connectivity index (χ1n) is 8.30. The molecule has 0 heterocycles. The lowest BCUT2D eigenvalue weighted by molar-refractivity contribution is 0.102. The third-order valence-corrected chi connectivity index (χ3v) is 6.43. The first kappa shape index (κ1) is 21.1. The standard InChI is InChI=1S/C20H15Cl2FN2O3S/c1-25(15-7-3-6-14(21)12-15)29(27,28)16-8-2-5-13(11-16)20(26)24-18-10-4-9-17(22)19(18)23/h2-12H,1H3,(H,24,26). The number of nitrogens with zero attached hydrogens (tertiary/aromatic N) is 1. The van der Waals surface area contributed by atoms with Gasteiger partial charge in [-0.05, 0) is 48.5 Å². The van der Waals surface area contributed by atoms with Crippen molar-refractivity contribution in [3.63, 3.8) is 0 Å². The summed E-state index contributed by atoms with van der Waals surface area (Å²) in [5.41, 5.74) is 0.310. The Kier molecular flexibility index (Phi) is 6.12. The van der Waals surface area contributed by atoms with Crippen molar-refractivity contribution in [3.8, 4) is 0 Å². The average Bonchev–Trinajstić information content (AvgIpc) is 2.71. The summed E-state index contributed by atoms with van der Waals surface area (Å²) in [4.78, 5) is 12.4. The van der Waals surface area contributed by atoms with Gasteiger partial charge in [-0.1, -0.05) is 41.4 Å². The topological polar surface area (TPSA) is 66.5 Å². The number of sulfonamides is 1. The van der Waals surface area contributed by atoms with E-state index in [0.29, 0.717) is 10.7 Å². The van der Waals surface area contributed by atoms with Gasteiger partial charge in [0.15, 0.2) is 5.82 Å². The molecule has 29 heavy (non-hydrogen) atoms. The molecule has 1 amide bonds. The molecule has 0 aromatic heterocycles. The van der Waals surface area contributed by atoms with Crippen molar-refractivity contribution in [1.82, 2.24) is 0 Å². The zero-order chi connectivity index (χ0) is 21.2. The number of rotatable bonds is 5. The highest BCUT2D eigenvalue weighted by atomic mass is 35.5. The minimum absolute atomic E-state index is 0.0462. The van der Waals surface area contributed by atoms with Crippen LogP contribution in [0, 0.1) is 5.82 Å². The van der Waals surface area contributed by atoms with Gasteiger partial charge < -0.3 is 5.32 Å². The van der Waals surface area contributed by atoms with Crippen LogP contribution in [0.4, 0.5) is 15.8 Å². The maximum Gasteiger partial charge on any atom is 0.264 e. The van der Waals surface area contributed by atoms with E-state index >= 15 is 0 Å². The Morgan fingerprint density at radius 1 is 1.00 bits per heavy atom. The molecule has 0 saturated carbocycles. The second-order valence-corrected chi connectivity index (χ2v) is 8.85. The smallest absolute Gasteiger partial charge is 0.264 e. The average molecular weight is 453 g/mol. The lowest BCUT2D eigenvalue weighted by Crippen LogP contribution is -2.27. The Bertz CT molecular complexity index is 1190. The highest BCUT2D eigenvalue weighted by Crippen LogP contribution is 2.26. The van der Waals surface area contributed by atoms with Crippen LogP contribution < -0.4 is 9.62 Å². The Balaban J connectivity index is 1.90. The van der Waals surface area contributed by atoms with Gasteiger partial charge in [0.2, 0.25) is 0 Å². The molecule has 9 heteroatoms. The minimum Gasteiger partial charge on any atom is -0.319 e. The number of anilines is 2. The molecule has 150 valence electrons. The molecule has 0 fully saturated rings. The Hall–Kier alpha value is -2.61. The summed E-state index contributed by atoms with van der Waals surface area (Å²) in [5, 5.41) is 2.64. The van der Waals surface area contributed by atoms with Crippen molar-refractivity contribution in [2.45, 2.75) is 4.90 Å². The van der Waals surface area contributed by atoms with E-state index < -0.39 is 21.7 Å². The lowest BCUT2D eigenvalue weighted by atomic mass is 10.2. The first-order valence-corrected chi connectivity index (χ1v) is 10.5. The van der Waals surface area contributed by atoms with Gasteiger partial charge in [0, 0.05) is 17.6 Å². The molecule has 0 radical (unpaired) electrons. The highest BCUT2D eigenvalue weighted by Gasteiger charge is 2.23. The molecule has 5 nitrogen and oxygen atoms in total. The molecule has 0 aliphatic carbocycles. The molecule has 0 aliphatic rings. The maximum atomic E-state index is 14.0. The van der Waals surface area contributed by atoms with E-state index in [1.54, 1.807) is 18.2 Å². The van der Waals surface area contributed by atoms with Crippen LogP contribution >= 0.6 is 23.2 Å². The van der Waals surface area contributed by atoms with E-state index in [1.165, 1.54) is 55.6 Å². The molecule has 3 rings (SSSR count). The lowest BCUT2D eigenvalue weighted by Gasteiger charge is -2.20. The second-order valence-electron chi connectivity index (χ2n) is 6.04. The number of carbonyl (C=O) groups is 1. The summed E-state index contributed by atoms with van der Waals surface area (Å²) in [5.74, 6) is -1.44. The molecule has 0 atom stereocenters. The van der Waals surface area contributed by atoms with Crippen LogP contribution in [0.2, 0.25) is 10.0 Å². The van der Waals surface area contributed by atoms with E-state index in [0.717, 1.165) is 4.31 Å². The third-order valence-electron chi connectivity index (χ3n) is 4.13. The van der Waals surface area contributed by atoms with Crippen LogP contribution in [0.15, 0.2) is 71.6 Å².